The van der Waals surface area contributed by atoms with E-state index in [1.54, 1.807) is 37.5 Å². The smallest absolute Gasteiger partial charge is 0.337 e. The number of benzene rings is 2. The molecule has 2 rings (SSSR count). The molecule has 0 bridgehead atoms. The van der Waals surface area contributed by atoms with E-state index >= 15 is 0 Å². The summed E-state index contributed by atoms with van der Waals surface area (Å²) in [6.07, 6.45) is 3.10. The Hall–Kier alpha value is -3.08. The Balaban J connectivity index is 2.02. The van der Waals surface area contributed by atoms with Crippen LogP contribution in [0.25, 0.3) is 6.08 Å². The number of amides is 1. The van der Waals surface area contributed by atoms with Crippen molar-refractivity contribution in [1.82, 2.24) is 0 Å². The molecule has 0 fully saturated rings. The average molecular weight is 311 g/mol. The third kappa shape index (κ3) is 4.44. The Labute approximate surface area is 134 Å². The molecule has 5 heteroatoms. The third-order valence-corrected chi connectivity index (χ3v) is 3.13. The normalized spacial score (nSPS) is 10.3. The molecular formula is C18H17NO4. The van der Waals surface area contributed by atoms with Crippen LogP contribution in [0.1, 0.15) is 15.9 Å². The zero-order chi connectivity index (χ0) is 16.7. The summed E-state index contributed by atoms with van der Waals surface area (Å²) in [6, 6.07) is 13.9. The second kappa shape index (κ2) is 7.79. The summed E-state index contributed by atoms with van der Waals surface area (Å²) in [5, 5.41) is 2.72. The number of para-hydroxylation sites is 1. The van der Waals surface area contributed by atoms with Crippen molar-refractivity contribution in [2.75, 3.05) is 19.5 Å². The minimum Gasteiger partial charge on any atom is -0.496 e. The first-order valence-electron chi connectivity index (χ1n) is 6.94. The maximum atomic E-state index is 11.9. The van der Waals surface area contributed by atoms with Gasteiger partial charge in [-0.1, -0.05) is 18.2 Å². The average Bonchev–Trinajstić information content (AvgIpc) is 2.60. The summed E-state index contributed by atoms with van der Waals surface area (Å²) in [4.78, 5) is 23.3. The van der Waals surface area contributed by atoms with Crippen LogP contribution in [0, 0.1) is 0 Å². The van der Waals surface area contributed by atoms with Gasteiger partial charge in [-0.3, -0.25) is 4.79 Å². The molecule has 118 valence electrons. The SMILES string of the molecule is COC(=O)c1ccc(NC(=O)C=Cc2ccccc2OC)cc1. The molecule has 0 spiro atoms. The Bertz CT molecular complexity index is 720. The summed E-state index contributed by atoms with van der Waals surface area (Å²) in [5.74, 6) is -0.000324. The molecule has 5 nitrogen and oxygen atoms in total. The number of nitrogens with one attached hydrogen (secondary N) is 1. The Morgan fingerprint density at radius 1 is 1.00 bits per heavy atom. The van der Waals surface area contributed by atoms with E-state index in [0.29, 0.717) is 17.0 Å². The molecule has 1 N–H and O–H groups in total. The van der Waals surface area contributed by atoms with Crippen molar-refractivity contribution in [2.24, 2.45) is 0 Å². The minimum absolute atomic E-state index is 0.276. The van der Waals surface area contributed by atoms with Crippen LogP contribution in [0.4, 0.5) is 5.69 Å². The van der Waals surface area contributed by atoms with Gasteiger partial charge in [0.05, 0.1) is 19.8 Å². The van der Waals surface area contributed by atoms with Crippen LogP contribution < -0.4 is 10.1 Å². The molecule has 23 heavy (non-hydrogen) atoms. The van der Waals surface area contributed by atoms with Crippen molar-refractivity contribution in [3.8, 4) is 5.75 Å². The summed E-state index contributed by atoms with van der Waals surface area (Å²) >= 11 is 0. The number of ether oxygens (including phenoxy) is 2. The van der Waals surface area contributed by atoms with Gasteiger partial charge < -0.3 is 14.8 Å². The molecule has 0 aromatic heterocycles. The van der Waals surface area contributed by atoms with Gasteiger partial charge in [0.25, 0.3) is 0 Å². The topological polar surface area (TPSA) is 64.6 Å². The highest BCUT2D eigenvalue weighted by Gasteiger charge is 2.05. The van der Waals surface area contributed by atoms with Crippen LogP contribution in [-0.2, 0) is 9.53 Å². The van der Waals surface area contributed by atoms with Crippen molar-refractivity contribution < 1.29 is 19.1 Å². The van der Waals surface area contributed by atoms with Gasteiger partial charge in [0.1, 0.15) is 5.75 Å². The summed E-state index contributed by atoms with van der Waals surface area (Å²) in [7, 11) is 2.90. The lowest BCUT2D eigenvalue weighted by molar-refractivity contribution is -0.111. The number of methoxy groups -OCH3 is 2. The Morgan fingerprint density at radius 2 is 1.70 bits per heavy atom. The number of carbonyl (C=O) groups is 2. The first-order valence-corrected chi connectivity index (χ1v) is 6.94. The number of hydrogen-bond acceptors (Lipinski definition) is 4. The molecule has 0 unspecified atom stereocenters. The van der Waals surface area contributed by atoms with Gasteiger partial charge in [0, 0.05) is 17.3 Å². The standard InChI is InChI=1S/C18H17NO4/c1-22-16-6-4-3-5-13(16)9-12-17(20)19-15-10-7-14(8-11-15)18(21)23-2/h3-12H,1-2H3,(H,19,20). The monoisotopic (exact) mass is 311 g/mol. The quantitative estimate of drug-likeness (QED) is 0.680. The van der Waals surface area contributed by atoms with Gasteiger partial charge in [-0.15, -0.1) is 0 Å². The van der Waals surface area contributed by atoms with Crippen molar-refractivity contribution >= 4 is 23.6 Å². The highest BCUT2D eigenvalue weighted by molar-refractivity contribution is 6.02. The molecule has 0 atom stereocenters. The first kappa shape index (κ1) is 16.3. The van der Waals surface area contributed by atoms with E-state index in [1.807, 2.05) is 24.3 Å². The molecule has 0 aliphatic carbocycles. The number of carbonyl (C=O) groups excluding carboxylic acids is 2. The number of anilines is 1. The molecule has 0 radical (unpaired) electrons. The first-order chi connectivity index (χ1) is 11.1. The van der Waals surface area contributed by atoms with Gasteiger partial charge in [-0.05, 0) is 36.4 Å². The van der Waals surface area contributed by atoms with Crippen molar-refractivity contribution in [3.63, 3.8) is 0 Å². The lowest BCUT2D eigenvalue weighted by atomic mass is 10.2. The Morgan fingerprint density at radius 3 is 2.35 bits per heavy atom. The predicted molar refractivity (Wildman–Crippen MR) is 88.4 cm³/mol. The molecule has 0 saturated heterocycles. The molecule has 0 saturated carbocycles. The van der Waals surface area contributed by atoms with Crippen LogP contribution in [0.5, 0.6) is 5.75 Å². The van der Waals surface area contributed by atoms with E-state index in [0.717, 1.165) is 5.56 Å². The molecule has 0 aliphatic rings. The fourth-order valence-corrected chi connectivity index (χ4v) is 1.96. The van der Waals surface area contributed by atoms with E-state index in [-0.39, 0.29) is 5.91 Å². The van der Waals surface area contributed by atoms with Crippen molar-refractivity contribution in [2.45, 2.75) is 0 Å². The third-order valence-electron chi connectivity index (χ3n) is 3.13. The minimum atomic E-state index is -0.418. The molecule has 2 aromatic rings. The number of esters is 1. The molecule has 0 aliphatic heterocycles. The van der Waals surface area contributed by atoms with E-state index in [1.165, 1.54) is 13.2 Å². The van der Waals surface area contributed by atoms with Gasteiger partial charge in [0.2, 0.25) is 5.91 Å². The van der Waals surface area contributed by atoms with Gasteiger partial charge in [0.15, 0.2) is 0 Å². The van der Waals surface area contributed by atoms with E-state index in [4.69, 9.17) is 4.74 Å². The van der Waals surface area contributed by atoms with Crippen LogP contribution in [0.15, 0.2) is 54.6 Å². The van der Waals surface area contributed by atoms with E-state index in [9.17, 15) is 9.59 Å². The predicted octanol–water partition coefficient (Wildman–Crippen LogP) is 3.13. The molecule has 2 aromatic carbocycles. The summed E-state index contributed by atoms with van der Waals surface area (Å²) in [6.45, 7) is 0. The second-order valence-electron chi connectivity index (χ2n) is 4.63. The van der Waals surface area contributed by atoms with Crippen LogP contribution in [-0.4, -0.2) is 26.1 Å². The van der Waals surface area contributed by atoms with Gasteiger partial charge in [-0.25, -0.2) is 4.79 Å². The van der Waals surface area contributed by atoms with Crippen LogP contribution in [0.2, 0.25) is 0 Å². The van der Waals surface area contributed by atoms with Gasteiger partial charge >= 0.3 is 5.97 Å². The fraction of sp³-hybridized carbons (Fsp3) is 0.111. The van der Waals surface area contributed by atoms with Gasteiger partial charge in [-0.2, -0.15) is 0 Å². The summed E-state index contributed by atoms with van der Waals surface area (Å²) < 4.78 is 9.83. The number of rotatable bonds is 5. The summed E-state index contributed by atoms with van der Waals surface area (Å²) in [5.41, 5.74) is 1.83. The molecular weight excluding hydrogens is 294 g/mol. The van der Waals surface area contributed by atoms with Crippen LogP contribution >= 0.6 is 0 Å². The zero-order valence-corrected chi connectivity index (χ0v) is 12.9. The number of hydrogen-bond donors (Lipinski definition) is 1. The van der Waals surface area contributed by atoms with E-state index in [2.05, 4.69) is 10.1 Å². The maximum Gasteiger partial charge on any atom is 0.337 e. The van der Waals surface area contributed by atoms with Crippen molar-refractivity contribution in [3.05, 3.63) is 65.7 Å². The van der Waals surface area contributed by atoms with Crippen molar-refractivity contribution in [1.29, 1.82) is 0 Å². The van der Waals surface area contributed by atoms with Crippen LogP contribution in [0.3, 0.4) is 0 Å². The second-order valence-corrected chi connectivity index (χ2v) is 4.63. The fourth-order valence-electron chi connectivity index (χ4n) is 1.96. The Kier molecular flexibility index (Phi) is 5.52. The van der Waals surface area contributed by atoms with E-state index < -0.39 is 5.97 Å². The molecule has 0 heterocycles. The highest BCUT2D eigenvalue weighted by atomic mass is 16.5. The lowest BCUT2D eigenvalue weighted by Gasteiger charge is -2.05. The lowest BCUT2D eigenvalue weighted by Crippen LogP contribution is -2.08. The highest BCUT2D eigenvalue weighted by Crippen LogP contribution is 2.18. The maximum absolute atomic E-state index is 11.9. The molecule has 1 amide bonds. The largest absolute Gasteiger partial charge is 0.496 e. The zero-order valence-electron chi connectivity index (χ0n) is 12.9.